The van der Waals surface area contributed by atoms with Crippen LogP contribution in [0, 0.1) is 6.92 Å². The molecule has 0 unspecified atom stereocenters. The van der Waals surface area contributed by atoms with Crippen molar-refractivity contribution < 1.29 is 4.79 Å². The van der Waals surface area contributed by atoms with Crippen molar-refractivity contribution in [1.29, 1.82) is 0 Å². The first kappa shape index (κ1) is 21.2. The molecule has 7 heteroatoms. The van der Waals surface area contributed by atoms with Crippen molar-refractivity contribution >= 4 is 35.1 Å². The van der Waals surface area contributed by atoms with E-state index in [9.17, 15) is 4.79 Å². The standard InChI is InChI=1S/C24H22N4OS2/c1-18-9-8-10-19(15-18)25-23(29)17-31-24-27-26-22(16-30-21-13-6-3-7-14-21)28(24)20-11-4-2-5-12-20/h2-15H,16-17H2,1H3,(H,25,29). The highest BCUT2D eigenvalue weighted by atomic mass is 32.2. The van der Waals surface area contributed by atoms with Crippen LogP contribution < -0.4 is 5.32 Å². The monoisotopic (exact) mass is 446 g/mol. The van der Waals surface area contributed by atoms with E-state index in [4.69, 9.17) is 0 Å². The van der Waals surface area contributed by atoms with Gasteiger partial charge in [0, 0.05) is 16.3 Å². The molecule has 156 valence electrons. The van der Waals surface area contributed by atoms with Crippen LogP contribution in [0.2, 0.25) is 0 Å². The minimum atomic E-state index is -0.0709. The Morgan fingerprint density at radius 3 is 2.39 bits per heavy atom. The number of nitrogens with one attached hydrogen (secondary N) is 1. The molecule has 0 spiro atoms. The molecule has 1 amide bonds. The summed E-state index contributed by atoms with van der Waals surface area (Å²) in [5, 5.41) is 12.4. The molecule has 0 radical (unpaired) electrons. The molecule has 1 aromatic heterocycles. The highest BCUT2D eigenvalue weighted by Crippen LogP contribution is 2.27. The number of benzene rings is 3. The second kappa shape index (κ2) is 10.3. The van der Waals surface area contributed by atoms with E-state index in [1.165, 1.54) is 16.7 Å². The van der Waals surface area contributed by atoms with Crippen LogP contribution in [0.5, 0.6) is 0 Å². The van der Waals surface area contributed by atoms with Gasteiger partial charge in [-0.3, -0.25) is 9.36 Å². The number of anilines is 1. The number of rotatable bonds is 8. The summed E-state index contributed by atoms with van der Waals surface area (Å²) in [4.78, 5) is 13.6. The predicted molar refractivity (Wildman–Crippen MR) is 128 cm³/mol. The van der Waals surface area contributed by atoms with E-state index in [2.05, 4.69) is 27.6 Å². The van der Waals surface area contributed by atoms with Crippen LogP contribution in [0.25, 0.3) is 5.69 Å². The lowest BCUT2D eigenvalue weighted by atomic mass is 10.2. The third-order valence-electron chi connectivity index (χ3n) is 4.46. The minimum absolute atomic E-state index is 0.0709. The Morgan fingerprint density at radius 2 is 1.65 bits per heavy atom. The number of aryl methyl sites for hydroxylation is 1. The first-order valence-electron chi connectivity index (χ1n) is 9.86. The fourth-order valence-electron chi connectivity index (χ4n) is 3.04. The second-order valence-electron chi connectivity index (χ2n) is 6.88. The number of hydrogen-bond donors (Lipinski definition) is 1. The second-order valence-corrected chi connectivity index (χ2v) is 8.87. The molecule has 0 saturated heterocycles. The molecule has 0 aliphatic carbocycles. The molecule has 0 atom stereocenters. The van der Waals surface area contributed by atoms with E-state index in [1.54, 1.807) is 11.8 Å². The van der Waals surface area contributed by atoms with Crippen molar-refractivity contribution in [3.05, 3.63) is 96.3 Å². The van der Waals surface area contributed by atoms with Crippen molar-refractivity contribution in [2.75, 3.05) is 11.1 Å². The van der Waals surface area contributed by atoms with Gasteiger partial charge in [0.2, 0.25) is 5.91 Å². The third-order valence-corrected chi connectivity index (χ3v) is 6.40. The maximum absolute atomic E-state index is 12.5. The number of aromatic nitrogens is 3. The fourth-order valence-corrected chi connectivity index (χ4v) is 4.64. The lowest BCUT2D eigenvalue weighted by molar-refractivity contribution is -0.113. The Labute approximate surface area is 190 Å². The van der Waals surface area contributed by atoms with E-state index >= 15 is 0 Å². The van der Waals surface area contributed by atoms with E-state index in [1.807, 2.05) is 84.3 Å². The number of para-hydroxylation sites is 1. The van der Waals surface area contributed by atoms with Gasteiger partial charge in [-0.25, -0.2) is 0 Å². The van der Waals surface area contributed by atoms with Gasteiger partial charge in [-0.05, 0) is 48.9 Å². The van der Waals surface area contributed by atoms with Crippen LogP contribution >= 0.6 is 23.5 Å². The summed E-state index contributed by atoms with van der Waals surface area (Å²) in [7, 11) is 0. The molecule has 1 N–H and O–H groups in total. The van der Waals surface area contributed by atoms with Crippen molar-refractivity contribution in [3.8, 4) is 5.69 Å². The van der Waals surface area contributed by atoms with E-state index in [-0.39, 0.29) is 11.7 Å². The number of nitrogens with zero attached hydrogens (tertiary/aromatic N) is 3. The van der Waals surface area contributed by atoms with Gasteiger partial charge in [0.1, 0.15) is 5.82 Å². The summed E-state index contributed by atoms with van der Waals surface area (Å²) in [5.41, 5.74) is 2.89. The molecule has 0 bridgehead atoms. The van der Waals surface area contributed by atoms with Crippen LogP contribution in [0.1, 0.15) is 11.4 Å². The Balaban J connectivity index is 1.49. The predicted octanol–water partition coefficient (Wildman–Crippen LogP) is 5.60. The van der Waals surface area contributed by atoms with Crippen LogP contribution in [0.3, 0.4) is 0 Å². The van der Waals surface area contributed by atoms with Gasteiger partial charge in [0.05, 0.1) is 11.5 Å². The van der Waals surface area contributed by atoms with Crippen LogP contribution in [0.4, 0.5) is 5.69 Å². The number of thioether (sulfide) groups is 2. The van der Waals surface area contributed by atoms with Gasteiger partial charge in [0.25, 0.3) is 0 Å². The van der Waals surface area contributed by atoms with Gasteiger partial charge in [0.15, 0.2) is 5.16 Å². The molecule has 3 aromatic carbocycles. The normalized spacial score (nSPS) is 10.7. The number of carbonyl (C=O) groups excluding carboxylic acids is 1. The summed E-state index contributed by atoms with van der Waals surface area (Å²) in [6.07, 6.45) is 0. The minimum Gasteiger partial charge on any atom is -0.325 e. The molecule has 0 aliphatic heterocycles. The zero-order chi connectivity index (χ0) is 21.5. The maximum Gasteiger partial charge on any atom is 0.234 e. The Hall–Kier alpha value is -3.03. The van der Waals surface area contributed by atoms with Crippen molar-refractivity contribution in [2.45, 2.75) is 22.7 Å². The van der Waals surface area contributed by atoms with Crippen LogP contribution in [0.15, 0.2) is 95.0 Å². The molecule has 0 aliphatic rings. The molecule has 5 nitrogen and oxygen atoms in total. The zero-order valence-corrected chi connectivity index (χ0v) is 18.7. The quantitative estimate of drug-likeness (QED) is 0.357. The molecular formula is C24H22N4OS2. The molecule has 1 heterocycles. The molecule has 4 aromatic rings. The van der Waals surface area contributed by atoms with Gasteiger partial charge < -0.3 is 5.32 Å². The molecule has 4 rings (SSSR count). The topological polar surface area (TPSA) is 59.8 Å². The average Bonchev–Trinajstić information content (AvgIpc) is 3.20. The average molecular weight is 447 g/mol. The van der Waals surface area contributed by atoms with Crippen molar-refractivity contribution in [2.24, 2.45) is 0 Å². The van der Waals surface area contributed by atoms with Gasteiger partial charge in [-0.1, -0.05) is 60.3 Å². The van der Waals surface area contributed by atoms with Crippen LogP contribution in [-0.2, 0) is 10.5 Å². The molecule has 31 heavy (non-hydrogen) atoms. The summed E-state index contributed by atoms with van der Waals surface area (Å²) in [6.45, 7) is 2.00. The third kappa shape index (κ3) is 5.77. The summed E-state index contributed by atoms with van der Waals surface area (Å²) >= 11 is 3.10. The fraction of sp³-hybridized carbons (Fsp3) is 0.125. The smallest absolute Gasteiger partial charge is 0.234 e. The van der Waals surface area contributed by atoms with Crippen LogP contribution in [-0.4, -0.2) is 26.4 Å². The summed E-state index contributed by atoms with van der Waals surface area (Å²) < 4.78 is 2.03. The van der Waals surface area contributed by atoms with Gasteiger partial charge in [-0.2, -0.15) is 0 Å². The lowest BCUT2D eigenvalue weighted by Crippen LogP contribution is -2.14. The lowest BCUT2D eigenvalue weighted by Gasteiger charge is -2.10. The number of hydrogen-bond acceptors (Lipinski definition) is 5. The first-order chi connectivity index (χ1) is 15.2. The van der Waals surface area contributed by atoms with E-state index in [0.717, 1.165) is 22.8 Å². The Bertz CT molecular complexity index is 1150. The maximum atomic E-state index is 12.5. The Kier molecular flexibility index (Phi) is 7.07. The van der Waals surface area contributed by atoms with Gasteiger partial charge in [-0.15, -0.1) is 22.0 Å². The number of carbonyl (C=O) groups is 1. The van der Waals surface area contributed by atoms with Gasteiger partial charge >= 0.3 is 0 Å². The van der Waals surface area contributed by atoms with Crippen molar-refractivity contribution in [1.82, 2.24) is 14.8 Å². The summed E-state index contributed by atoms with van der Waals surface area (Å²) in [5.74, 6) is 1.72. The SMILES string of the molecule is Cc1cccc(NC(=O)CSc2nnc(CSc3ccccc3)n2-c2ccccc2)c1. The summed E-state index contributed by atoms with van der Waals surface area (Å²) in [6, 6.07) is 28.0. The zero-order valence-electron chi connectivity index (χ0n) is 17.1. The molecule has 0 saturated carbocycles. The van der Waals surface area contributed by atoms with E-state index in [0.29, 0.717) is 10.9 Å². The van der Waals surface area contributed by atoms with E-state index < -0.39 is 0 Å². The highest BCUT2D eigenvalue weighted by molar-refractivity contribution is 7.99. The largest absolute Gasteiger partial charge is 0.325 e. The Morgan fingerprint density at radius 1 is 0.903 bits per heavy atom. The molecular weight excluding hydrogens is 424 g/mol. The van der Waals surface area contributed by atoms with Crippen molar-refractivity contribution in [3.63, 3.8) is 0 Å². The first-order valence-corrected chi connectivity index (χ1v) is 11.8. The molecule has 0 fully saturated rings. The highest BCUT2D eigenvalue weighted by Gasteiger charge is 2.16. The number of amides is 1.